The number of imide groups is 1. The van der Waals surface area contributed by atoms with Crippen LogP contribution in [0.3, 0.4) is 0 Å². The van der Waals surface area contributed by atoms with E-state index in [1.807, 2.05) is 30.3 Å². The van der Waals surface area contributed by atoms with E-state index in [-0.39, 0.29) is 23.7 Å². The zero-order valence-corrected chi connectivity index (χ0v) is 10.5. The summed E-state index contributed by atoms with van der Waals surface area (Å²) in [6.07, 6.45) is 2.78. The average molecular weight is 243 g/mol. The highest BCUT2D eigenvalue weighted by Gasteiger charge is 2.49. The van der Waals surface area contributed by atoms with E-state index in [1.54, 1.807) is 0 Å². The normalized spacial score (nSPS) is 31.6. The maximum Gasteiger partial charge on any atom is 0.237 e. The summed E-state index contributed by atoms with van der Waals surface area (Å²) < 4.78 is 0. The van der Waals surface area contributed by atoms with Gasteiger partial charge in [0.25, 0.3) is 0 Å². The molecule has 1 saturated carbocycles. The molecular weight excluding hydrogens is 226 g/mol. The lowest BCUT2D eigenvalue weighted by molar-refractivity contribution is -0.122. The van der Waals surface area contributed by atoms with Crippen LogP contribution >= 0.6 is 0 Å². The molecule has 0 unspecified atom stereocenters. The van der Waals surface area contributed by atoms with Crippen molar-refractivity contribution in [2.75, 3.05) is 4.90 Å². The fourth-order valence-corrected chi connectivity index (χ4v) is 3.22. The minimum absolute atomic E-state index is 0.00255. The van der Waals surface area contributed by atoms with Crippen molar-refractivity contribution >= 4 is 17.5 Å². The third kappa shape index (κ3) is 1.65. The zero-order valence-electron chi connectivity index (χ0n) is 10.5. The van der Waals surface area contributed by atoms with Crippen molar-refractivity contribution in [3.05, 3.63) is 30.3 Å². The second-order valence-electron chi connectivity index (χ2n) is 5.48. The Bertz CT molecular complexity index is 483. The van der Waals surface area contributed by atoms with E-state index >= 15 is 0 Å². The van der Waals surface area contributed by atoms with Crippen LogP contribution < -0.4 is 4.90 Å². The number of carbonyl (C=O) groups is 2. The van der Waals surface area contributed by atoms with E-state index < -0.39 is 0 Å². The number of hydrogen-bond acceptors (Lipinski definition) is 2. The van der Waals surface area contributed by atoms with Crippen LogP contribution in [0, 0.1) is 17.8 Å². The van der Waals surface area contributed by atoms with Gasteiger partial charge in [-0.05, 0) is 37.3 Å². The molecule has 0 N–H and O–H groups in total. The third-order valence-electron chi connectivity index (χ3n) is 4.20. The molecule has 0 aromatic heterocycles. The predicted molar refractivity (Wildman–Crippen MR) is 68.9 cm³/mol. The molecule has 1 aromatic rings. The highest BCUT2D eigenvalue weighted by atomic mass is 16.2. The first-order valence-electron chi connectivity index (χ1n) is 6.61. The topological polar surface area (TPSA) is 37.4 Å². The van der Waals surface area contributed by atoms with Gasteiger partial charge in [-0.2, -0.15) is 0 Å². The number of amides is 2. The van der Waals surface area contributed by atoms with E-state index in [2.05, 4.69) is 6.92 Å². The molecule has 0 bridgehead atoms. The molecule has 3 rings (SSSR count). The van der Waals surface area contributed by atoms with E-state index in [1.165, 1.54) is 4.90 Å². The van der Waals surface area contributed by atoms with Gasteiger partial charge < -0.3 is 0 Å². The Morgan fingerprint density at radius 2 is 1.67 bits per heavy atom. The molecule has 1 aromatic carbocycles. The van der Waals surface area contributed by atoms with Crippen molar-refractivity contribution in [2.24, 2.45) is 17.8 Å². The van der Waals surface area contributed by atoms with E-state index in [0.29, 0.717) is 5.92 Å². The van der Waals surface area contributed by atoms with Gasteiger partial charge in [0, 0.05) is 0 Å². The number of carbonyl (C=O) groups excluding carboxylic acids is 2. The summed E-state index contributed by atoms with van der Waals surface area (Å²) in [5, 5.41) is 0. The van der Waals surface area contributed by atoms with Gasteiger partial charge in [0.1, 0.15) is 0 Å². The van der Waals surface area contributed by atoms with Crippen molar-refractivity contribution in [3.8, 4) is 0 Å². The molecule has 2 fully saturated rings. The zero-order chi connectivity index (χ0) is 12.7. The largest absolute Gasteiger partial charge is 0.274 e. The lowest BCUT2D eigenvalue weighted by Gasteiger charge is -2.25. The second kappa shape index (κ2) is 4.23. The highest BCUT2D eigenvalue weighted by molar-refractivity contribution is 6.22. The van der Waals surface area contributed by atoms with Crippen LogP contribution in [-0.4, -0.2) is 11.8 Å². The molecule has 94 valence electrons. The van der Waals surface area contributed by atoms with Crippen LogP contribution in [0.1, 0.15) is 26.2 Å². The first kappa shape index (κ1) is 11.5. The lowest BCUT2D eigenvalue weighted by atomic mass is 9.76. The Hall–Kier alpha value is -1.64. The number of hydrogen-bond donors (Lipinski definition) is 0. The summed E-state index contributed by atoms with van der Waals surface area (Å²) in [4.78, 5) is 26.2. The minimum atomic E-state index is -0.0820. The molecule has 1 heterocycles. The Kier molecular flexibility index (Phi) is 2.69. The van der Waals surface area contributed by atoms with Crippen molar-refractivity contribution in [1.29, 1.82) is 0 Å². The fraction of sp³-hybridized carbons (Fsp3) is 0.467. The molecule has 2 aliphatic rings. The third-order valence-corrected chi connectivity index (χ3v) is 4.20. The highest BCUT2D eigenvalue weighted by Crippen LogP contribution is 2.41. The van der Waals surface area contributed by atoms with Gasteiger partial charge in [0.05, 0.1) is 17.5 Å². The maximum absolute atomic E-state index is 12.4. The van der Waals surface area contributed by atoms with Crippen LogP contribution in [-0.2, 0) is 9.59 Å². The Morgan fingerprint density at radius 3 is 2.39 bits per heavy atom. The summed E-state index contributed by atoms with van der Waals surface area (Å²) in [6.45, 7) is 2.17. The molecule has 3 heteroatoms. The standard InChI is InChI=1S/C15H17NO2/c1-10-7-8-12-13(9-10)15(18)16(14(12)17)11-5-3-2-4-6-11/h2-6,10,12-13H,7-9H2,1H3/t10-,12+,13+/m1/s1. The van der Waals surface area contributed by atoms with Gasteiger partial charge in [0.2, 0.25) is 11.8 Å². The number of benzene rings is 1. The smallest absolute Gasteiger partial charge is 0.237 e. The molecule has 1 aliphatic heterocycles. The molecule has 2 amide bonds. The number of nitrogens with zero attached hydrogens (tertiary/aromatic N) is 1. The van der Waals surface area contributed by atoms with Gasteiger partial charge in [-0.3, -0.25) is 14.5 Å². The van der Waals surface area contributed by atoms with Crippen LogP contribution in [0.15, 0.2) is 30.3 Å². The molecule has 18 heavy (non-hydrogen) atoms. The average Bonchev–Trinajstić information content (AvgIpc) is 2.63. The van der Waals surface area contributed by atoms with Crippen LogP contribution in [0.4, 0.5) is 5.69 Å². The van der Waals surface area contributed by atoms with Crippen molar-refractivity contribution in [2.45, 2.75) is 26.2 Å². The predicted octanol–water partition coefficient (Wildman–Crippen LogP) is 2.61. The number of anilines is 1. The Balaban J connectivity index is 1.94. The molecular formula is C15H17NO2. The second-order valence-corrected chi connectivity index (χ2v) is 5.48. The van der Waals surface area contributed by atoms with Crippen molar-refractivity contribution < 1.29 is 9.59 Å². The minimum Gasteiger partial charge on any atom is -0.274 e. The van der Waals surface area contributed by atoms with Crippen LogP contribution in [0.5, 0.6) is 0 Å². The first-order valence-corrected chi connectivity index (χ1v) is 6.61. The summed E-state index contributed by atoms with van der Waals surface area (Å²) in [5.41, 5.74) is 0.717. The quantitative estimate of drug-likeness (QED) is 0.711. The van der Waals surface area contributed by atoms with Gasteiger partial charge in [-0.15, -0.1) is 0 Å². The summed E-state index contributed by atoms with van der Waals surface area (Å²) in [5.74, 6) is 0.403. The van der Waals surface area contributed by atoms with Gasteiger partial charge in [-0.25, -0.2) is 0 Å². The Labute approximate surface area is 107 Å². The van der Waals surface area contributed by atoms with Gasteiger partial charge in [0.15, 0.2) is 0 Å². The number of fused-ring (bicyclic) bond motifs is 1. The molecule has 1 saturated heterocycles. The number of rotatable bonds is 1. The van der Waals surface area contributed by atoms with Gasteiger partial charge >= 0.3 is 0 Å². The monoisotopic (exact) mass is 243 g/mol. The lowest BCUT2D eigenvalue weighted by Crippen LogP contribution is -2.30. The summed E-state index contributed by atoms with van der Waals surface area (Å²) in [6, 6.07) is 9.28. The number of para-hydroxylation sites is 1. The van der Waals surface area contributed by atoms with Crippen LogP contribution in [0.25, 0.3) is 0 Å². The van der Waals surface area contributed by atoms with Crippen molar-refractivity contribution in [1.82, 2.24) is 0 Å². The van der Waals surface area contributed by atoms with Crippen molar-refractivity contribution in [3.63, 3.8) is 0 Å². The molecule has 3 atom stereocenters. The molecule has 0 spiro atoms. The summed E-state index contributed by atoms with van der Waals surface area (Å²) in [7, 11) is 0. The Morgan fingerprint density at radius 1 is 1.00 bits per heavy atom. The molecule has 0 radical (unpaired) electrons. The van der Waals surface area contributed by atoms with Gasteiger partial charge in [-0.1, -0.05) is 25.1 Å². The first-order chi connectivity index (χ1) is 8.68. The van der Waals surface area contributed by atoms with E-state index in [0.717, 1.165) is 24.9 Å². The van der Waals surface area contributed by atoms with E-state index in [9.17, 15) is 9.59 Å². The fourth-order valence-electron chi connectivity index (χ4n) is 3.22. The van der Waals surface area contributed by atoms with E-state index in [4.69, 9.17) is 0 Å². The van der Waals surface area contributed by atoms with Crippen LogP contribution in [0.2, 0.25) is 0 Å². The maximum atomic E-state index is 12.4. The molecule has 1 aliphatic carbocycles. The summed E-state index contributed by atoms with van der Waals surface area (Å²) >= 11 is 0. The SMILES string of the molecule is C[C@@H]1CC[C@@H]2C(=O)N(c3ccccc3)C(=O)[C@H]2C1. The molecule has 3 nitrogen and oxygen atoms in total.